The van der Waals surface area contributed by atoms with E-state index in [0.717, 1.165) is 21.9 Å². The first-order valence-corrected chi connectivity index (χ1v) is 5.41. The fraction of sp³-hybridized carbons (Fsp3) is 0.0714. The molecule has 1 aliphatic rings. The molecule has 0 bridgehead atoms. The third kappa shape index (κ3) is 1.41. The molecule has 0 saturated heterocycles. The van der Waals surface area contributed by atoms with E-state index in [1.165, 1.54) is 0 Å². The maximum Gasteiger partial charge on any atom is 0.324 e. The Bertz CT molecular complexity index is 682. The van der Waals surface area contributed by atoms with E-state index < -0.39 is 6.10 Å². The Balaban J connectivity index is 2.36. The first-order chi connectivity index (χ1) is 8.31. The number of aliphatic hydroxyl groups is 1. The smallest absolute Gasteiger partial charge is 0.324 e. The van der Waals surface area contributed by atoms with Crippen molar-refractivity contribution in [2.24, 2.45) is 0 Å². The third-order valence-corrected chi connectivity index (χ3v) is 3.12. The molecule has 2 aromatic rings. The standard InChI is InChI=1S/C14H10N2O/c15-16-13-8-7-11-10-4-2-1-3-9(10)5-6-12(11)14(13)17/h1-8,14,17H. The summed E-state index contributed by atoms with van der Waals surface area (Å²) in [6, 6.07) is 11.8. The van der Waals surface area contributed by atoms with Crippen molar-refractivity contribution in [3.63, 3.8) is 0 Å². The molecule has 17 heavy (non-hydrogen) atoms. The Morgan fingerprint density at radius 2 is 1.88 bits per heavy atom. The van der Waals surface area contributed by atoms with Crippen molar-refractivity contribution >= 4 is 22.6 Å². The van der Waals surface area contributed by atoms with E-state index in [-0.39, 0.29) is 5.71 Å². The molecule has 0 aromatic heterocycles. The predicted octanol–water partition coefficient (Wildman–Crippen LogP) is 2.57. The molecule has 3 nitrogen and oxygen atoms in total. The van der Waals surface area contributed by atoms with Gasteiger partial charge in [0.15, 0.2) is 6.10 Å². The Labute approximate surface area is 98.3 Å². The fourth-order valence-corrected chi connectivity index (χ4v) is 2.24. The molecular formula is C14H10N2O. The molecule has 0 amide bonds. The van der Waals surface area contributed by atoms with Crippen LogP contribution < -0.4 is 0 Å². The van der Waals surface area contributed by atoms with Gasteiger partial charge < -0.3 is 10.6 Å². The Kier molecular flexibility index (Phi) is 2.15. The molecule has 1 N–H and O–H groups in total. The number of hydrogen-bond donors (Lipinski definition) is 1. The number of rotatable bonds is 0. The molecule has 3 rings (SSSR count). The first kappa shape index (κ1) is 9.97. The average molecular weight is 222 g/mol. The number of nitrogens with zero attached hydrogens (tertiary/aromatic N) is 2. The fourth-order valence-electron chi connectivity index (χ4n) is 2.24. The Hall–Kier alpha value is -2.22. The minimum absolute atomic E-state index is 0.271. The lowest BCUT2D eigenvalue weighted by molar-refractivity contribution is -0.0188. The van der Waals surface area contributed by atoms with Gasteiger partial charge in [-0.2, -0.15) is 4.79 Å². The van der Waals surface area contributed by atoms with Crippen LogP contribution in [0.15, 0.2) is 42.5 Å². The van der Waals surface area contributed by atoms with Gasteiger partial charge >= 0.3 is 5.71 Å². The van der Waals surface area contributed by atoms with E-state index in [0.29, 0.717) is 0 Å². The second-order valence-corrected chi connectivity index (χ2v) is 4.05. The van der Waals surface area contributed by atoms with Crippen LogP contribution in [0.2, 0.25) is 0 Å². The highest BCUT2D eigenvalue weighted by atomic mass is 16.3. The van der Waals surface area contributed by atoms with Crippen molar-refractivity contribution in [1.29, 1.82) is 0 Å². The molecule has 3 heteroatoms. The maximum absolute atomic E-state index is 10.0. The van der Waals surface area contributed by atoms with Crippen LogP contribution in [0.3, 0.4) is 0 Å². The van der Waals surface area contributed by atoms with E-state index in [2.05, 4.69) is 4.79 Å². The number of hydrogen-bond acceptors (Lipinski definition) is 1. The van der Waals surface area contributed by atoms with Gasteiger partial charge in [-0.15, -0.1) is 0 Å². The summed E-state index contributed by atoms with van der Waals surface area (Å²) in [5.41, 5.74) is 10.8. The van der Waals surface area contributed by atoms with Crippen LogP contribution in [0.25, 0.3) is 22.4 Å². The quantitative estimate of drug-likeness (QED) is 0.540. The van der Waals surface area contributed by atoms with Gasteiger partial charge in [-0.25, -0.2) is 0 Å². The lowest BCUT2D eigenvalue weighted by Crippen LogP contribution is -2.15. The van der Waals surface area contributed by atoms with Gasteiger partial charge in [0.2, 0.25) is 0 Å². The molecule has 0 heterocycles. The van der Waals surface area contributed by atoms with Crippen molar-refractivity contribution in [3.05, 3.63) is 59.1 Å². The molecule has 0 fully saturated rings. The summed E-state index contributed by atoms with van der Waals surface area (Å²) in [4.78, 5) is 3.09. The lowest BCUT2D eigenvalue weighted by Gasteiger charge is -2.15. The molecule has 0 aliphatic heterocycles. The number of fused-ring (bicyclic) bond motifs is 3. The summed E-state index contributed by atoms with van der Waals surface area (Å²) < 4.78 is 0. The van der Waals surface area contributed by atoms with Crippen LogP contribution in [0.1, 0.15) is 17.2 Å². The molecule has 82 valence electrons. The van der Waals surface area contributed by atoms with Gasteiger partial charge in [0.1, 0.15) is 0 Å². The first-order valence-electron chi connectivity index (χ1n) is 5.41. The zero-order chi connectivity index (χ0) is 11.8. The minimum Gasteiger partial charge on any atom is -0.376 e. The molecule has 0 spiro atoms. The third-order valence-electron chi connectivity index (χ3n) is 3.12. The second-order valence-electron chi connectivity index (χ2n) is 4.05. The van der Waals surface area contributed by atoms with Crippen LogP contribution in [-0.4, -0.2) is 15.6 Å². The zero-order valence-corrected chi connectivity index (χ0v) is 9.04. The summed E-state index contributed by atoms with van der Waals surface area (Å²) in [7, 11) is 0. The summed E-state index contributed by atoms with van der Waals surface area (Å²) in [5, 5.41) is 12.3. The summed E-state index contributed by atoms with van der Waals surface area (Å²) in [6.45, 7) is 0. The molecule has 0 saturated carbocycles. The van der Waals surface area contributed by atoms with Gasteiger partial charge in [-0.3, -0.25) is 0 Å². The van der Waals surface area contributed by atoms with E-state index >= 15 is 0 Å². The molecular weight excluding hydrogens is 212 g/mol. The number of benzene rings is 2. The van der Waals surface area contributed by atoms with Crippen molar-refractivity contribution in [2.75, 3.05) is 0 Å². The highest BCUT2D eigenvalue weighted by Crippen LogP contribution is 2.31. The van der Waals surface area contributed by atoms with Crippen LogP contribution in [-0.2, 0) is 0 Å². The summed E-state index contributed by atoms with van der Waals surface area (Å²) in [5.74, 6) is 0. The molecule has 0 radical (unpaired) electrons. The van der Waals surface area contributed by atoms with E-state index in [1.54, 1.807) is 6.08 Å². The minimum atomic E-state index is -0.857. The SMILES string of the molecule is [N-]=[N+]=C1C=Cc2c(ccc3ccccc23)C1O. The van der Waals surface area contributed by atoms with E-state index in [1.807, 2.05) is 42.5 Å². The van der Waals surface area contributed by atoms with Crippen molar-refractivity contribution < 1.29 is 9.90 Å². The number of aliphatic hydroxyl groups excluding tert-OH is 1. The predicted molar refractivity (Wildman–Crippen MR) is 66.6 cm³/mol. The van der Waals surface area contributed by atoms with Gasteiger partial charge in [0.25, 0.3) is 0 Å². The van der Waals surface area contributed by atoms with Gasteiger partial charge in [0.05, 0.1) is 0 Å². The van der Waals surface area contributed by atoms with Gasteiger partial charge in [-0.05, 0) is 22.4 Å². The average Bonchev–Trinajstić information content (AvgIpc) is 2.39. The monoisotopic (exact) mass is 222 g/mol. The largest absolute Gasteiger partial charge is 0.376 e. The normalized spacial score (nSPS) is 17.9. The van der Waals surface area contributed by atoms with Crippen LogP contribution in [0.4, 0.5) is 0 Å². The van der Waals surface area contributed by atoms with Crippen LogP contribution in [0.5, 0.6) is 0 Å². The van der Waals surface area contributed by atoms with Gasteiger partial charge in [0, 0.05) is 11.6 Å². The molecule has 2 aromatic carbocycles. The zero-order valence-electron chi connectivity index (χ0n) is 9.04. The molecule has 1 unspecified atom stereocenters. The topological polar surface area (TPSA) is 56.6 Å². The highest BCUT2D eigenvalue weighted by Gasteiger charge is 2.26. The second kappa shape index (κ2) is 3.67. The highest BCUT2D eigenvalue weighted by molar-refractivity contribution is 6.05. The Morgan fingerprint density at radius 3 is 2.71 bits per heavy atom. The lowest BCUT2D eigenvalue weighted by atomic mass is 9.89. The van der Waals surface area contributed by atoms with Crippen LogP contribution >= 0.6 is 0 Å². The molecule has 1 aliphatic carbocycles. The Morgan fingerprint density at radius 1 is 1.06 bits per heavy atom. The maximum atomic E-state index is 10.0. The van der Waals surface area contributed by atoms with Gasteiger partial charge in [-0.1, -0.05) is 36.4 Å². The van der Waals surface area contributed by atoms with E-state index in [9.17, 15) is 5.11 Å². The van der Waals surface area contributed by atoms with Crippen LogP contribution in [0, 0.1) is 0 Å². The molecule has 1 atom stereocenters. The summed E-state index contributed by atoms with van der Waals surface area (Å²) >= 11 is 0. The van der Waals surface area contributed by atoms with Crippen molar-refractivity contribution in [2.45, 2.75) is 6.10 Å². The van der Waals surface area contributed by atoms with Crippen molar-refractivity contribution in [3.8, 4) is 0 Å². The van der Waals surface area contributed by atoms with Crippen molar-refractivity contribution in [1.82, 2.24) is 0 Å². The van der Waals surface area contributed by atoms with E-state index in [4.69, 9.17) is 5.53 Å². The summed E-state index contributed by atoms with van der Waals surface area (Å²) in [6.07, 6.45) is 2.66.